The Morgan fingerprint density at radius 3 is 2.23 bits per heavy atom. The van der Waals surface area contributed by atoms with Gasteiger partial charge in [-0.25, -0.2) is 4.98 Å². The number of aryl methyl sites for hydroxylation is 3. The van der Waals surface area contributed by atoms with Gasteiger partial charge in [0.1, 0.15) is 35.6 Å². The number of benzene rings is 2. The van der Waals surface area contributed by atoms with E-state index in [0.29, 0.717) is 16.7 Å². The summed E-state index contributed by atoms with van der Waals surface area (Å²) < 4.78 is 18.9. The van der Waals surface area contributed by atoms with Crippen molar-refractivity contribution >= 4 is 63.6 Å². The van der Waals surface area contributed by atoms with Crippen molar-refractivity contribution in [3.63, 3.8) is 0 Å². The molecule has 5 aromatic rings. The lowest BCUT2D eigenvalue weighted by atomic mass is 9.85. The summed E-state index contributed by atoms with van der Waals surface area (Å²) in [4.78, 5) is 67.1. The van der Waals surface area contributed by atoms with Crippen molar-refractivity contribution in [3.8, 4) is 15.4 Å². The third kappa shape index (κ3) is 12.5. The lowest BCUT2D eigenvalue weighted by Gasteiger charge is -2.35. The van der Waals surface area contributed by atoms with E-state index < -0.39 is 41.5 Å². The summed E-state index contributed by atoms with van der Waals surface area (Å²) in [5.41, 5.74) is 7.75. The molecule has 0 aliphatic carbocycles. The molecule has 4 amide bonds. The van der Waals surface area contributed by atoms with Crippen LogP contribution in [-0.2, 0) is 33.4 Å². The van der Waals surface area contributed by atoms with Crippen LogP contribution in [0.15, 0.2) is 59.0 Å². The fourth-order valence-electron chi connectivity index (χ4n) is 8.47. The van der Waals surface area contributed by atoms with Crippen LogP contribution in [0.2, 0.25) is 5.02 Å². The standard InChI is InChI=1S/C50H62ClN9O8S2/c1-28-31(4)70-49-42(28)43(34-13-15-36(51)16-14-34)55-38(46-58-57-32(5)60(46)49)24-40(62)52-17-18-66-19-20-67-21-22-68-26-41(63)56-45(50(6,7)8)48(65)59-25-37(61)23-39(59)47(64)54-29(2)33-9-11-35(12-10-33)44-30(3)53-27-69-44/h9-16,27,29,37-39,45,61H,17-26H2,1-8H3,(H,52,62)(H,54,64)(H,56,63). The van der Waals surface area contributed by atoms with Crippen LogP contribution in [0.3, 0.4) is 0 Å². The molecule has 70 heavy (non-hydrogen) atoms. The number of fused-ring (bicyclic) bond motifs is 3. The van der Waals surface area contributed by atoms with E-state index in [4.69, 9.17) is 30.8 Å². The third-order valence-electron chi connectivity index (χ3n) is 12.3. The highest BCUT2D eigenvalue weighted by atomic mass is 35.5. The number of β-amino-alcohol motifs (C(OH)–C–C–N with tert-alkyl or cyclic N) is 1. The van der Waals surface area contributed by atoms with E-state index in [0.717, 1.165) is 54.0 Å². The summed E-state index contributed by atoms with van der Waals surface area (Å²) in [5.74, 6) is -0.238. The van der Waals surface area contributed by atoms with Gasteiger partial charge in [-0.3, -0.25) is 28.7 Å². The average Bonchev–Trinajstić information content (AvgIpc) is 4.09. The number of aliphatic hydroxyl groups excluding tert-OH is 1. The smallest absolute Gasteiger partial charge is 0.246 e. The Morgan fingerprint density at radius 1 is 0.886 bits per heavy atom. The Hall–Kier alpha value is -5.41. The van der Waals surface area contributed by atoms with E-state index in [-0.39, 0.29) is 83.4 Å². The Bertz CT molecular complexity index is 2680. The molecule has 0 bridgehead atoms. The number of thiazole rings is 1. The van der Waals surface area contributed by atoms with Crippen molar-refractivity contribution in [1.82, 2.24) is 40.6 Å². The van der Waals surface area contributed by atoms with Gasteiger partial charge < -0.3 is 40.2 Å². The molecule has 7 rings (SSSR count). The van der Waals surface area contributed by atoms with Gasteiger partial charge in [-0.15, -0.1) is 32.9 Å². The highest BCUT2D eigenvalue weighted by Gasteiger charge is 2.45. The minimum absolute atomic E-state index is 0.0337. The van der Waals surface area contributed by atoms with Crippen LogP contribution in [0, 0.1) is 33.1 Å². The number of carbonyl (C=O) groups is 4. The predicted molar refractivity (Wildman–Crippen MR) is 270 cm³/mol. The van der Waals surface area contributed by atoms with Gasteiger partial charge in [-0.2, -0.15) is 0 Å². The first-order valence-corrected chi connectivity index (χ1v) is 25.4. The lowest BCUT2D eigenvalue weighted by Crippen LogP contribution is -2.58. The Kier molecular flexibility index (Phi) is 17.4. The fourth-order valence-corrected chi connectivity index (χ4v) is 10.6. The Labute approximate surface area is 421 Å². The number of aromatic nitrogens is 4. The number of aliphatic hydroxyl groups is 1. The van der Waals surface area contributed by atoms with Gasteiger partial charge in [-0.1, -0.05) is 68.8 Å². The highest BCUT2D eigenvalue weighted by Crippen LogP contribution is 2.40. The molecular weight excluding hydrogens is 954 g/mol. The van der Waals surface area contributed by atoms with Crippen molar-refractivity contribution in [2.24, 2.45) is 10.4 Å². The number of halogens is 1. The molecule has 374 valence electrons. The molecule has 0 radical (unpaired) electrons. The second-order valence-electron chi connectivity index (χ2n) is 18.6. The number of amides is 4. The molecule has 20 heteroatoms. The second-order valence-corrected chi connectivity index (χ2v) is 21.1. The van der Waals surface area contributed by atoms with Gasteiger partial charge >= 0.3 is 0 Å². The summed E-state index contributed by atoms with van der Waals surface area (Å²) in [5, 5.41) is 29.8. The summed E-state index contributed by atoms with van der Waals surface area (Å²) in [7, 11) is 0. The summed E-state index contributed by atoms with van der Waals surface area (Å²) in [6.07, 6.45) is -0.753. The molecule has 0 saturated carbocycles. The van der Waals surface area contributed by atoms with Crippen LogP contribution in [-0.4, -0.2) is 130 Å². The monoisotopic (exact) mass is 1020 g/mol. The number of rotatable bonds is 20. The Morgan fingerprint density at radius 2 is 1.56 bits per heavy atom. The number of thiophene rings is 1. The van der Waals surface area contributed by atoms with Crippen LogP contribution in [0.5, 0.6) is 0 Å². The number of hydrogen-bond acceptors (Lipinski definition) is 14. The van der Waals surface area contributed by atoms with E-state index in [1.54, 1.807) is 22.7 Å². The number of nitrogens with one attached hydrogen (secondary N) is 3. The maximum atomic E-state index is 14.0. The minimum Gasteiger partial charge on any atom is -0.391 e. The molecule has 5 heterocycles. The van der Waals surface area contributed by atoms with Gasteiger partial charge in [0.05, 0.1) is 73.4 Å². The van der Waals surface area contributed by atoms with E-state index in [1.807, 2.05) is 100 Å². The summed E-state index contributed by atoms with van der Waals surface area (Å²) in [6, 6.07) is 12.6. The van der Waals surface area contributed by atoms with E-state index in [9.17, 15) is 24.3 Å². The van der Waals surface area contributed by atoms with E-state index in [1.165, 1.54) is 4.90 Å². The van der Waals surface area contributed by atoms with E-state index >= 15 is 0 Å². The first-order valence-electron chi connectivity index (χ1n) is 23.4. The zero-order chi connectivity index (χ0) is 50.3. The van der Waals surface area contributed by atoms with Gasteiger partial charge in [0.25, 0.3) is 0 Å². The third-order valence-corrected chi connectivity index (χ3v) is 14.8. The molecule has 2 aliphatic heterocycles. The van der Waals surface area contributed by atoms with Crippen LogP contribution in [0.25, 0.3) is 15.4 Å². The quantitative estimate of drug-likeness (QED) is 0.0649. The Balaban J connectivity index is 0.804. The molecule has 17 nitrogen and oxygen atoms in total. The number of likely N-dealkylation sites (tertiary alicyclic amines) is 1. The maximum absolute atomic E-state index is 14.0. The van der Waals surface area contributed by atoms with Crippen LogP contribution >= 0.6 is 34.3 Å². The van der Waals surface area contributed by atoms with Gasteiger partial charge in [-0.05, 0) is 68.9 Å². The maximum Gasteiger partial charge on any atom is 0.246 e. The highest BCUT2D eigenvalue weighted by molar-refractivity contribution is 7.15. The lowest BCUT2D eigenvalue weighted by molar-refractivity contribution is -0.144. The molecule has 0 spiro atoms. The number of hydrogen-bond donors (Lipinski definition) is 4. The number of carbonyl (C=O) groups excluding carboxylic acids is 4. The van der Waals surface area contributed by atoms with Crippen LogP contribution in [0.1, 0.15) is 97.1 Å². The largest absolute Gasteiger partial charge is 0.391 e. The first kappa shape index (κ1) is 52.4. The van der Waals surface area contributed by atoms with Gasteiger partial charge in [0, 0.05) is 40.5 Å². The molecule has 3 aromatic heterocycles. The van der Waals surface area contributed by atoms with Crippen molar-refractivity contribution < 1.29 is 38.5 Å². The molecular formula is C50H62ClN9O8S2. The average molecular weight is 1020 g/mol. The molecule has 1 saturated heterocycles. The van der Waals surface area contributed by atoms with Crippen molar-refractivity contribution in [2.45, 2.75) is 98.5 Å². The minimum atomic E-state index is -0.991. The van der Waals surface area contributed by atoms with Gasteiger partial charge in [0.2, 0.25) is 23.6 Å². The predicted octanol–water partition coefficient (Wildman–Crippen LogP) is 6.16. The van der Waals surface area contributed by atoms with Gasteiger partial charge in [0.15, 0.2) is 5.82 Å². The SMILES string of the molecule is Cc1ncsc1-c1ccc(C(C)NC(=O)C2CC(O)CN2C(=O)C(NC(=O)COCCOCCOCCNC(=O)CC2N=C(c3ccc(Cl)cc3)c3c(sc(C)c3C)-n3c(C)nnc32)C(C)(C)C)cc1. The second kappa shape index (κ2) is 23.2. The zero-order valence-electron chi connectivity index (χ0n) is 40.8. The molecule has 5 atom stereocenters. The first-order chi connectivity index (χ1) is 33.4. The summed E-state index contributed by atoms with van der Waals surface area (Å²) >= 11 is 9.45. The van der Waals surface area contributed by atoms with E-state index in [2.05, 4.69) is 45.0 Å². The molecule has 5 unspecified atom stereocenters. The van der Waals surface area contributed by atoms with Crippen LogP contribution < -0.4 is 16.0 Å². The zero-order valence-corrected chi connectivity index (χ0v) is 43.2. The normalized spacial score (nSPS) is 17.5. The number of nitrogens with zero attached hydrogens (tertiary/aromatic N) is 6. The topological polar surface area (TPSA) is 211 Å². The molecule has 1 fully saturated rings. The number of aliphatic imine (C=N–C) groups is 1. The molecule has 2 aliphatic rings. The number of ether oxygens (including phenoxy) is 3. The van der Waals surface area contributed by atoms with Crippen LogP contribution in [0.4, 0.5) is 0 Å². The molecule has 4 N–H and O–H groups in total. The summed E-state index contributed by atoms with van der Waals surface area (Å²) in [6.45, 7) is 16.4. The van der Waals surface area contributed by atoms with Crippen molar-refractivity contribution in [1.29, 1.82) is 0 Å². The molecule has 2 aromatic carbocycles. The van der Waals surface area contributed by atoms with Crippen molar-refractivity contribution in [3.05, 3.63) is 104 Å². The van der Waals surface area contributed by atoms with Crippen molar-refractivity contribution in [2.75, 3.05) is 52.7 Å². The fraction of sp³-hybridized carbons (Fsp3) is 0.480.